The minimum Gasteiger partial charge on any atom is -0.486 e. The highest BCUT2D eigenvalue weighted by Gasteiger charge is 2.11. The van der Waals surface area contributed by atoms with Gasteiger partial charge in [0.05, 0.1) is 5.69 Å². The van der Waals surface area contributed by atoms with E-state index in [2.05, 4.69) is 15.8 Å². The molecule has 2 N–H and O–H groups in total. The second kappa shape index (κ2) is 7.96. The van der Waals surface area contributed by atoms with Crippen molar-refractivity contribution in [2.24, 2.45) is 0 Å². The fraction of sp³-hybridized carbons (Fsp3) is 0.0588. The van der Waals surface area contributed by atoms with Gasteiger partial charge in [-0.05, 0) is 48.5 Å². The molecule has 0 atom stereocenters. The van der Waals surface area contributed by atoms with E-state index < -0.39 is 5.91 Å². The van der Waals surface area contributed by atoms with Crippen LogP contribution in [0.5, 0.6) is 5.75 Å². The molecular formula is C17H13ClFN3O2S. The van der Waals surface area contributed by atoms with Crippen LogP contribution in [0.4, 0.5) is 10.1 Å². The molecule has 0 spiro atoms. The molecule has 0 saturated carbocycles. The Kier molecular flexibility index (Phi) is 5.47. The lowest BCUT2D eigenvalue weighted by atomic mass is 10.3. The monoisotopic (exact) mass is 377 g/mol. The van der Waals surface area contributed by atoms with Crippen LogP contribution in [-0.4, -0.2) is 10.9 Å². The summed E-state index contributed by atoms with van der Waals surface area (Å²) in [5.74, 6) is -0.0661. The summed E-state index contributed by atoms with van der Waals surface area (Å²) in [5, 5.41) is 2.94. The molecule has 8 heteroatoms. The number of hydrogen-bond donors (Lipinski definition) is 2. The predicted octanol–water partition coefficient (Wildman–Crippen LogP) is 4.27. The SMILES string of the molecule is O=C(NNc1ccc(F)cc1)c1csc(COc2ccc(Cl)cc2)n1. The summed E-state index contributed by atoms with van der Waals surface area (Å²) in [6.45, 7) is 0.255. The number of halogens is 2. The Morgan fingerprint density at radius 3 is 2.60 bits per heavy atom. The van der Waals surface area contributed by atoms with Crippen LogP contribution in [0.15, 0.2) is 53.9 Å². The zero-order valence-electron chi connectivity index (χ0n) is 12.8. The molecule has 25 heavy (non-hydrogen) atoms. The number of benzene rings is 2. The summed E-state index contributed by atoms with van der Waals surface area (Å²) in [5.41, 5.74) is 6.04. The van der Waals surface area contributed by atoms with Crippen molar-refractivity contribution in [3.05, 3.63) is 75.5 Å². The van der Waals surface area contributed by atoms with E-state index in [1.54, 1.807) is 29.6 Å². The summed E-state index contributed by atoms with van der Waals surface area (Å²) in [4.78, 5) is 16.3. The fourth-order valence-electron chi connectivity index (χ4n) is 1.88. The van der Waals surface area contributed by atoms with Gasteiger partial charge in [0.1, 0.15) is 28.9 Å². The lowest BCUT2D eigenvalue weighted by Gasteiger charge is -2.06. The van der Waals surface area contributed by atoms with E-state index in [1.165, 1.54) is 35.6 Å². The van der Waals surface area contributed by atoms with Gasteiger partial charge in [0.2, 0.25) is 0 Å². The molecule has 3 aromatic rings. The van der Waals surface area contributed by atoms with Crippen LogP contribution in [-0.2, 0) is 6.61 Å². The second-order valence-electron chi connectivity index (χ2n) is 4.96. The minimum absolute atomic E-state index is 0.255. The Morgan fingerprint density at radius 1 is 1.16 bits per heavy atom. The maximum Gasteiger partial charge on any atom is 0.289 e. The van der Waals surface area contributed by atoms with E-state index in [0.29, 0.717) is 21.5 Å². The number of carbonyl (C=O) groups excluding carboxylic acids is 1. The van der Waals surface area contributed by atoms with E-state index >= 15 is 0 Å². The van der Waals surface area contributed by atoms with Crippen LogP contribution in [0.25, 0.3) is 0 Å². The highest BCUT2D eigenvalue weighted by Crippen LogP contribution is 2.18. The van der Waals surface area contributed by atoms with Gasteiger partial charge in [-0.3, -0.25) is 15.6 Å². The van der Waals surface area contributed by atoms with Crippen LogP contribution in [0.2, 0.25) is 5.02 Å². The lowest BCUT2D eigenvalue weighted by Crippen LogP contribution is -2.29. The first-order valence-electron chi connectivity index (χ1n) is 7.25. The molecule has 0 aliphatic carbocycles. The van der Waals surface area contributed by atoms with Gasteiger partial charge in [0, 0.05) is 10.4 Å². The van der Waals surface area contributed by atoms with Crippen molar-refractivity contribution >= 4 is 34.5 Å². The van der Waals surface area contributed by atoms with Crippen LogP contribution in [0.3, 0.4) is 0 Å². The Bertz CT molecular complexity index is 853. The van der Waals surface area contributed by atoms with Crippen LogP contribution in [0, 0.1) is 5.82 Å². The number of carbonyl (C=O) groups is 1. The highest BCUT2D eigenvalue weighted by atomic mass is 35.5. The molecule has 1 heterocycles. The first-order chi connectivity index (χ1) is 12.1. The Labute approximate surface area is 152 Å². The molecular weight excluding hydrogens is 365 g/mol. The van der Waals surface area contributed by atoms with Gasteiger partial charge >= 0.3 is 0 Å². The number of aromatic nitrogens is 1. The van der Waals surface area contributed by atoms with Gasteiger partial charge in [0.25, 0.3) is 5.91 Å². The predicted molar refractivity (Wildman–Crippen MR) is 95.4 cm³/mol. The Morgan fingerprint density at radius 2 is 1.88 bits per heavy atom. The van der Waals surface area contributed by atoms with Gasteiger partial charge in [-0.2, -0.15) is 0 Å². The van der Waals surface area contributed by atoms with Crippen molar-refractivity contribution in [3.63, 3.8) is 0 Å². The van der Waals surface area contributed by atoms with E-state index in [-0.39, 0.29) is 18.1 Å². The molecule has 2 aromatic carbocycles. The topological polar surface area (TPSA) is 63.2 Å². The first kappa shape index (κ1) is 17.2. The van der Waals surface area contributed by atoms with Gasteiger partial charge < -0.3 is 4.74 Å². The lowest BCUT2D eigenvalue weighted by molar-refractivity contribution is 0.0958. The number of anilines is 1. The van der Waals surface area contributed by atoms with Gasteiger partial charge in [0.15, 0.2) is 0 Å². The molecule has 5 nitrogen and oxygen atoms in total. The third-order valence-electron chi connectivity index (χ3n) is 3.12. The van der Waals surface area contributed by atoms with E-state index in [0.717, 1.165) is 0 Å². The van der Waals surface area contributed by atoms with Crippen molar-refractivity contribution < 1.29 is 13.9 Å². The van der Waals surface area contributed by atoms with Crippen molar-refractivity contribution in [2.75, 3.05) is 5.43 Å². The normalized spacial score (nSPS) is 10.3. The molecule has 1 aromatic heterocycles. The summed E-state index contributed by atoms with van der Waals surface area (Å²) >= 11 is 7.14. The number of nitrogens with one attached hydrogen (secondary N) is 2. The number of ether oxygens (including phenoxy) is 1. The highest BCUT2D eigenvalue weighted by molar-refractivity contribution is 7.09. The number of thiazole rings is 1. The summed E-state index contributed by atoms with van der Waals surface area (Å²) in [6.07, 6.45) is 0. The number of rotatable bonds is 6. The van der Waals surface area contributed by atoms with E-state index in [1.807, 2.05) is 0 Å². The zero-order valence-corrected chi connectivity index (χ0v) is 14.4. The summed E-state index contributed by atoms with van der Waals surface area (Å²) < 4.78 is 18.4. The number of nitrogens with zero attached hydrogens (tertiary/aromatic N) is 1. The molecule has 0 bridgehead atoms. The molecule has 0 saturated heterocycles. The largest absolute Gasteiger partial charge is 0.486 e. The average molecular weight is 378 g/mol. The average Bonchev–Trinajstić information content (AvgIpc) is 3.10. The molecule has 0 aliphatic heterocycles. The molecule has 0 aliphatic rings. The van der Waals surface area contributed by atoms with E-state index in [9.17, 15) is 9.18 Å². The fourth-order valence-corrected chi connectivity index (χ4v) is 2.69. The maximum atomic E-state index is 12.8. The number of amides is 1. The molecule has 0 fully saturated rings. The van der Waals surface area contributed by atoms with Crippen molar-refractivity contribution in [3.8, 4) is 5.75 Å². The molecule has 1 amide bonds. The standard InChI is InChI=1S/C17H13ClFN3O2S/c18-11-1-7-14(8-2-11)24-9-16-20-15(10-25-16)17(23)22-21-13-5-3-12(19)4-6-13/h1-8,10,21H,9H2,(H,22,23). The van der Waals surface area contributed by atoms with Crippen molar-refractivity contribution in [1.82, 2.24) is 10.4 Å². The first-order valence-corrected chi connectivity index (χ1v) is 8.50. The molecule has 0 unspecified atom stereocenters. The summed E-state index contributed by atoms with van der Waals surface area (Å²) in [6, 6.07) is 12.6. The van der Waals surface area contributed by atoms with Crippen molar-refractivity contribution in [1.29, 1.82) is 0 Å². The quantitative estimate of drug-likeness (QED) is 0.630. The molecule has 0 radical (unpaired) electrons. The zero-order chi connectivity index (χ0) is 17.6. The number of hydrogen-bond acceptors (Lipinski definition) is 5. The second-order valence-corrected chi connectivity index (χ2v) is 6.33. The Balaban J connectivity index is 1.52. The third-order valence-corrected chi connectivity index (χ3v) is 4.20. The van der Waals surface area contributed by atoms with Crippen molar-refractivity contribution in [2.45, 2.75) is 6.61 Å². The van der Waals surface area contributed by atoms with E-state index in [4.69, 9.17) is 16.3 Å². The van der Waals surface area contributed by atoms with Gasteiger partial charge in [-0.15, -0.1) is 11.3 Å². The van der Waals surface area contributed by atoms with Crippen LogP contribution < -0.4 is 15.6 Å². The Hall–Kier alpha value is -2.64. The maximum absolute atomic E-state index is 12.8. The van der Waals surface area contributed by atoms with Gasteiger partial charge in [-0.1, -0.05) is 11.6 Å². The smallest absolute Gasteiger partial charge is 0.289 e. The van der Waals surface area contributed by atoms with Crippen LogP contribution >= 0.6 is 22.9 Å². The number of hydrazine groups is 1. The third kappa shape index (κ3) is 4.91. The molecule has 128 valence electrons. The summed E-state index contributed by atoms with van der Waals surface area (Å²) in [7, 11) is 0. The van der Waals surface area contributed by atoms with Gasteiger partial charge in [-0.25, -0.2) is 9.37 Å². The van der Waals surface area contributed by atoms with Crippen LogP contribution in [0.1, 0.15) is 15.5 Å². The molecule has 3 rings (SSSR count). The minimum atomic E-state index is -0.390.